The van der Waals surface area contributed by atoms with Crippen LogP contribution in [0.4, 0.5) is 5.82 Å². The predicted molar refractivity (Wildman–Crippen MR) is 110 cm³/mol. The quantitative estimate of drug-likeness (QED) is 0.630. The molecule has 1 unspecified atom stereocenters. The topological polar surface area (TPSA) is 111 Å². The minimum Gasteiger partial charge on any atom is -0.383 e. The molecule has 0 aromatic carbocycles. The van der Waals surface area contributed by atoms with Crippen molar-refractivity contribution in [2.24, 2.45) is 7.05 Å². The van der Waals surface area contributed by atoms with Gasteiger partial charge >= 0.3 is 0 Å². The Morgan fingerprint density at radius 3 is 2.71 bits per heavy atom. The molecule has 0 spiro atoms. The Balaban J connectivity index is 1.83. The SMILES string of the molecule is Cn1cc(-c2cnn3c(N)c(Br)c(C4CCCCN(S(C)(=O)=O)C4)nc23)cn1. The number of halogens is 1. The van der Waals surface area contributed by atoms with E-state index in [0.717, 1.165) is 36.1 Å². The Hall–Kier alpha value is -1.98. The van der Waals surface area contributed by atoms with Crippen molar-refractivity contribution in [2.45, 2.75) is 25.2 Å². The Morgan fingerprint density at radius 1 is 1.25 bits per heavy atom. The van der Waals surface area contributed by atoms with Gasteiger partial charge in [-0.15, -0.1) is 0 Å². The first-order chi connectivity index (χ1) is 13.3. The highest BCUT2D eigenvalue weighted by Crippen LogP contribution is 2.36. The molecule has 0 amide bonds. The van der Waals surface area contributed by atoms with Crippen molar-refractivity contribution >= 4 is 37.4 Å². The molecule has 0 saturated carbocycles. The van der Waals surface area contributed by atoms with Crippen molar-refractivity contribution in [1.82, 2.24) is 28.7 Å². The maximum absolute atomic E-state index is 12.1. The van der Waals surface area contributed by atoms with Crippen molar-refractivity contribution < 1.29 is 8.42 Å². The van der Waals surface area contributed by atoms with Crippen LogP contribution in [-0.4, -0.2) is 56.4 Å². The van der Waals surface area contributed by atoms with Gasteiger partial charge in [0.2, 0.25) is 10.0 Å². The molecule has 0 bridgehead atoms. The zero-order chi connectivity index (χ0) is 20.1. The van der Waals surface area contributed by atoms with E-state index in [1.807, 2.05) is 13.2 Å². The standard InChI is InChI=1S/C17H22BrN7O2S/c1-23-9-12(7-20-23)13-8-21-25-16(19)14(18)15(22-17(13)25)11-5-3-4-6-24(10-11)28(2,26)27/h7-9,11H,3-6,10,19H2,1-2H3. The molecule has 3 aromatic rings. The number of rotatable bonds is 3. The Kier molecular flexibility index (Phi) is 4.92. The minimum absolute atomic E-state index is 0.0458. The van der Waals surface area contributed by atoms with Gasteiger partial charge in [0, 0.05) is 43.4 Å². The predicted octanol–water partition coefficient (Wildman–Crippen LogP) is 2.00. The molecule has 150 valence electrons. The van der Waals surface area contributed by atoms with Crippen LogP contribution in [0.5, 0.6) is 0 Å². The Labute approximate surface area is 171 Å². The van der Waals surface area contributed by atoms with Crippen LogP contribution in [0, 0.1) is 0 Å². The van der Waals surface area contributed by atoms with Gasteiger partial charge in [0.15, 0.2) is 5.65 Å². The molecule has 1 aliphatic rings. The lowest BCUT2D eigenvalue weighted by Crippen LogP contribution is -2.33. The largest absolute Gasteiger partial charge is 0.383 e. The highest BCUT2D eigenvalue weighted by molar-refractivity contribution is 9.10. The zero-order valence-corrected chi connectivity index (χ0v) is 18.1. The first-order valence-electron chi connectivity index (χ1n) is 9.02. The highest BCUT2D eigenvalue weighted by Gasteiger charge is 2.29. The van der Waals surface area contributed by atoms with Gasteiger partial charge in [-0.3, -0.25) is 4.68 Å². The van der Waals surface area contributed by atoms with Gasteiger partial charge < -0.3 is 5.73 Å². The smallest absolute Gasteiger partial charge is 0.211 e. The summed E-state index contributed by atoms with van der Waals surface area (Å²) in [4.78, 5) is 4.88. The van der Waals surface area contributed by atoms with E-state index in [2.05, 4.69) is 26.1 Å². The number of hydrogen-bond donors (Lipinski definition) is 1. The van der Waals surface area contributed by atoms with Gasteiger partial charge in [0.05, 0.1) is 28.8 Å². The third-order valence-electron chi connectivity index (χ3n) is 5.15. The van der Waals surface area contributed by atoms with E-state index in [0.29, 0.717) is 29.0 Å². The molecular weight excluding hydrogens is 446 g/mol. The van der Waals surface area contributed by atoms with Crippen LogP contribution in [0.25, 0.3) is 16.8 Å². The molecule has 1 saturated heterocycles. The second-order valence-corrected chi connectivity index (χ2v) is 9.98. The monoisotopic (exact) mass is 467 g/mol. The van der Waals surface area contributed by atoms with Crippen LogP contribution in [0.3, 0.4) is 0 Å². The number of nitrogens with two attached hydrogens (primary N) is 1. The van der Waals surface area contributed by atoms with Gasteiger partial charge in [-0.2, -0.15) is 14.7 Å². The molecule has 0 radical (unpaired) electrons. The number of hydrogen-bond acceptors (Lipinski definition) is 6. The van der Waals surface area contributed by atoms with Crippen LogP contribution in [0.2, 0.25) is 0 Å². The normalized spacial score (nSPS) is 19.2. The fourth-order valence-corrected chi connectivity index (χ4v) is 5.17. The van der Waals surface area contributed by atoms with Crippen LogP contribution in [0.1, 0.15) is 30.9 Å². The lowest BCUT2D eigenvalue weighted by molar-refractivity contribution is 0.407. The van der Waals surface area contributed by atoms with E-state index in [4.69, 9.17) is 10.7 Å². The first-order valence-corrected chi connectivity index (χ1v) is 11.7. The molecule has 2 N–H and O–H groups in total. The second kappa shape index (κ2) is 7.12. The molecule has 4 heterocycles. The summed E-state index contributed by atoms with van der Waals surface area (Å²) in [5, 5.41) is 8.60. The molecule has 11 heteroatoms. The number of anilines is 1. The number of nitrogens with zero attached hydrogens (tertiary/aromatic N) is 6. The van der Waals surface area contributed by atoms with Gasteiger partial charge in [0.1, 0.15) is 5.82 Å². The van der Waals surface area contributed by atoms with Crippen LogP contribution in [-0.2, 0) is 17.1 Å². The summed E-state index contributed by atoms with van der Waals surface area (Å²) in [6.45, 7) is 0.939. The van der Waals surface area contributed by atoms with E-state index in [9.17, 15) is 8.42 Å². The second-order valence-electron chi connectivity index (χ2n) is 7.21. The minimum atomic E-state index is -3.26. The zero-order valence-electron chi connectivity index (χ0n) is 15.7. The fraction of sp³-hybridized carbons (Fsp3) is 0.471. The molecule has 1 atom stereocenters. The van der Waals surface area contributed by atoms with Crippen molar-refractivity contribution in [2.75, 3.05) is 25.1 Å². The lowest BCUT2D eigenvalue weighted by atomic mass is 9.99. The Morgan fingerprint density at radius 2 is 2.04 bits per heavy atom. The molecule has 3 aromatic heterocycles. The number of aryl methyl sites for hydroxylation is 1. The summed E-state index contributed by atoms with van der Waals surface area (Å²) in [5.74, 6) is 0.404. The summed E-state index contributed by atoms with van der Waals surface area (Å²) >= 11 is 3.57. The van der Waals surface area contributed by atoms with Gasteiger partial charge in [-0.25, -0.2) is 17.7 Å². The molecule has 0 aliphatic carbocycles. The maximum atomic E-state index is 12.1. The van der Waals surface area contributed by atoms with E-state index in [-0.39, 0.29) is 5.92 Å². The average Bonchev–Trinajstić information content (AvgIpc) is 3.15. The van der Waals surface area contributed by atoms with Crippen molar-refractivity contribution in [1.29, 1.82) is 0 Å². The van der Waals surface area contributed by atoms with Crippen molar-refractivity contribution in [3.8, 4) is 11.1 Å². The molecule has 9 nitrogen and oxygen atoms in total. The third kappa shape index (κ3) is 3.42. The van der Waals surface area contributed by atoms with Gasteiger partial charge in [-0.05, 0) is 28.8 Å². The lowest BCUT2D eigenvalue weighted by Gasteiger charge is -2.23. The number of fused-ring (bicyclic) bond motifs is 1. The number of aromatic nitrogens is 5. The van der Waals surface area contributed by atoms with E-state index < -0.39 is 10.0 Å². The van der Waals surface area contributed by atoms with E-state index in [1.165, 1.54) is 10.6 Å². The van der Waals surface area contributed by atoms with Gasteiger partial charge in [0.25, 0.3) is 0 Å². The summed E-state index contributed by atoms with van der Waals surface area (Å²) in [7, 11) is -1.41. The fourth-order valence-electron chi connectivity index (χ4n) is 3.68. The molecule has 1 aliphatic heterocycles. The summed E-state index contributed by atoms with van der Waals surface area (Å²) in [5.41, 5.74) is 9.48. The Bertz CT molecular complexity index is 1140. The first kappa shape index (κ1) is 19.3. The van der Waals surface area contributed by atoms with Crippen LogP contribution in [0.15, 0.2) is 23.1 Å². The molecule has 4 rings (SSSR count). The number of sulfonamides is 1. The summed E-state index contributed by atoms with van der Waals surface area (Å²) in [6, 6.07) is 0. The highest BCUT2D eigenvalue weighted by atomic mass is 79.9. The average molecular weight is 468 g/mol. The molecule has 1 fully saturated rings. The van der Waals surface area contributed by atoms with Crippen molar-refractivity contribution in [3.63, 3.8) is 0 Å². The van der Waals surface area contributed by atoms with Crippen LogP contribution >= 0.6 is 15.9 Å². The van der Waals surface area contributed by atoms with Crippen LogP contribution < -0.4 is 5.73 Å². The van der Waals surface area contributed by atoms with E-state index >= 15 is 0 Å². The van der Waals surface area contributed by atoms with Crippen molar-refractivity contribution in [3.05, 3.63) is 28.8 Å². The molecular formula is C17H22BrN7O2S. The maximum Gasteiger partial charge on any atom is 0.211 e. The number of nitrogen functional groups attached to an aromatic ring is 1. The summed E-state index contributed by atoms with van der Waals surface area (Å²) < 4.78 is 29.8. The van der Waals surface area contributed by atoms with Gasteiger partial charge in [-0.1, -0.05) is 6.42 Å². The summed E-state index contributed by atoms with van der Waals surface area (Å²) in [6.07, 6.45) is 9.26. The molecule has 28 heavy (non-hydrogen) atoms. The third-order valence-corrected chi connectivity index (χ3v) is 7.24. The van der Waals surface area contributed by atoms with E-state index in [1.54, 1.807) is 21.6 Å².